The van der Waals surface area contributed by atoms with E-state index in [1.54, 1.807) is 0 Å². The summed E-state index contributed by atoms with van der Waals surface area (Å²) in [7, 11) is 2.11. The van der Waals surface area contributed by atoms with Gasteiger partial charge in [0.2, 0.25) is 0 Å². The van der Waals surface area contributed by atoms with Crippen molar-refractivity contribution in [1.82, 2.24) is 4.90 Å². The standard InChI is InChI=1S/C12H26N2O2/c1-3-15-12(8-13)10-14(2)9-11-6-4-5-7-16-11/h11-12H,3-10,13H2,1-2H3. The summed E-state index contributed by atoms with van der Waals surface area (Å²) in [4.78, 5) is 2.27. The third kappa shape index (κ3) is 5.25. The van der Waals surface area contributed by atoms with Crippen molar-refractivity contribution in [3.8, 4) is 0 Å². The molecule has 0 aromatic carbocycles. The number of likely N-dealkylation sites (N-methyl/N-ethyl adjacent to an activating group) is 1. The topological polar surface area (TPSA) is 47.7 Å². The second kappa shape index (κ2) is 8.01. The van der Waals surface area contributed by atoms with Gasteiger partial charge in [-0.15, -0.1) is 0 Å². The van der Waals surface area contributed by atoms with E-state index in [-0.39, 0.29) is 6.10 Å². The Balaban J connectivity index is 2.19. The molecule has 1 fully saturated rings. The number of ether oxygens (including phenoxy) is 2. The molecule has 0 aromatic heterocycles. The first-order valence-electron chi connectivity index (χ1n) is 6.38. The number of rotatable bonds is 7. The molecule has 1 aliphatic rings. The van der Waals surface area contributed by atoms with Gasteiger partial charge in [-0.1, -0.05) is 0 Å². The fraction of sp³-hybridized carbons (Fsp3) is 1.00. The monoisotopic (exact) mass is 230 g/mol. The largest absolute Gasteiger partial charge is 0.377 e. The van der Waals surface area contributed by atoms with Crippen LogP contribution < -0.4 is 5.73 Å². The zero-order chi connectivity index (χ0) is 11.8. The average molecular weight is 230 g/mol. The Bertz CT molecular complexity index is 166. The molecule has 0 bridgehead atoms. The van der Waals surface area contributed by atoms with E-state index in [1.807, 2.05) is 6.92 Å². The van der Waals surface area contributed by atoms with Gasteiger partial charge in [0.1, 0.15) is 0 Å². The van der Waals surface area contributed by atoms with Crippen LogP contribution in [0.1, 0.15) is 26.2 Å². The van der Waals surface area contributed by atoms with Crippen LogP contribution in [0.15, 0.2) is 0 Å². The van der Waals surface area contributed by atoms with E-state index in [0.717, 1.165) is 26.3 Å². The van der Waals surface area contributed by atoms with Crippen LogP contribution in [0.25, 0.3) is 0 Å². The lowest BCUT2D eigenvalue weighted by Gasteiger charge is -2.29. The van der Waals surface area contributed by atoms with Gasteiger partial charge in [-0.2, -0.15) is 0 Å². The second-order valence-electron chi connectivity index (χ2n) is 4.52. The Kier molecular flexibility index (Phi) is 6.96. The van der Waals surface area contributed by atoms with Crippen molar-refractivity contribution in [1.29, 1.82) is 0 Å². The van der Waals surface area contributed by atoms with E-state index in [1.165, 1.54) is 19.3 Å². The zero-order valence-electron chi connectivity index (χ0n) is 10.7. The molecule has 2 atom stereocenters. The Labute approximate surface area is 99.1 Å². The molecule has 0 aromatic rings. The lowest BCUT2D eigenvalue weighted by Crippen LogP contribution is -2.41. The molecule has 1 saturated heterocycles. The maximum atomic E-state index is 5.71. The molecule has 0 aliphatic carbocycles. The van der Waals surface area contributed by atoms with E-state index in [4.69, 9.17) is 15.2 Å². The highest BCUT2D eigenvalue weighted by Crippen LogP contribution is 2.13. The van der Waals surface area contributed by atoms with Crippen LogP contribution in [0.3, 0.4) is 0 Å². The number of hydrogen-bond donors (Lipinski definition) is 1. The number of nitrogens with two attached hydrogens (primary N) is 1. The summed E-state index contributed by atoms with van der Waals surface area (Å²) in [5.41, 5.74) is 5.66. The summed E-state index contributed by atoms with van der Waals surface area (Å²) < 4.78 is 11.3. The van der Waals surface area contributed by atoms with E-state index < -0.39 is 0 Å². The first-order valence-corrected chi connectivity index (χ1v) is 6.38. The molecular formula is C12H26N2O2. The molecule has 4 nitrogen and oxygen atoms in total. The average Bonchev–Trinajstić information content (AvgIpc) is 2.29. The van der Waals surface area contributed by atoms with Gasteiger partial charge in [-0.3, -0.25) is 0 Å². The molecule has 1 rings (SSSR count). The Morgan fingerprint density at radius 3 is 2.88 bits per heavy atom. The first-order chi connectivity index (χ1) is 7.76. The summed E-state index contributed by atoms with van der Waals surface area (Å²) in [5, 5.41) is 0. The van der Waals surface area contributed by atoms with E-state index >= 15 is 0 Å². The van der Waals surface area contributed by atoms with Crippen molar-refractivity contribution < 1.29 is 9.47 Å². The summed E-state index contributed by atoms with van der Waals surface area (Å²) in [6.45, 7) is 6.13. The van der Waals surface area contributed by atoms with E-state index in [2.05, 4.69) is 11.9 Å². The van der Waals surface area contributed by atoms with Crippen molar-refractivity contribution in [3.63, 3.8) is 0 Å². The van der Waals surface area contributed by atoms with Gasteiger partial charge in [0.15, 0.2) is 0 Å². The van der Waals surface area contributed by atoms with Crippen LogP contribution in [0.4, 0.5) is 0 Å². The van der Waals surface area contributed by atoms with Crippen molar-refractivity contribution in [3.05, 3.63) is 0 Å². The lowest BCUT2D eigenvalue weighted by molar-refractivity contribution is -0.0146. The minimum Gasteiger partial charge on any atom is -0.377 e. The first kappa shape index (κ1) is 13.9. The zero-order valence-corrected chi connectivity index (χ0v) is 10.7. The molecule has 16 heavy (non-hydrogen) atoms. The van der Waals surface area contributed by atoms with Crippen molar-refractivity contribution in [2.45, 2.75) is 38.4 Å². The van der Waals surface area contributed by atoms with Gasteiger partial charge in [0.25, 0.3) is 0 Å². The Hall–Kier alpha value is -0.160. The fourth-order valence-corrected chi connectivity index (χ4v) is 2.15. The predicted molar refractivity (Wildman–Crippen MR) is 65.6 cm³/mol. The van der Waals surface area contributed by atoms with Crippen molar-refractivity contribution >= 4 is 0 Å². The highest BCUT2D eigenvalue weighted by Gasteiger charge is 2.17. The van der Waals surface area contributed by atoms with Crippen LogP contribution in [-0.2, 0) is 9.47 Å². The van der Waals surface area contributed by atoms with Gasteiger partial charge < -0.3 is 20.1 Å². The van der Waals surface area contributed by atoms with Crippen molar-refractivity contribution in [2.75, 3.05) is 39.9 Å². The molecule has 96 valence electrons. The summed E-state index contributed by atoms with van der Waals surface area (Å²) in [5.74, 6) is 0. The molecule has 0 spiro atoms. The van der Waals surface area contributed by atoms with Gasteiger partial charge in [-0.25, -0.2) is 0 Å². The second-order valence-corrected chi connectivity index (χ2v) is 4.52. The van der Waals surface area contributed by atoms with Gasteiger partial charge in [-0.05, 0) is 33.2 Å². The Morgan fingerprint density at radius 2 is 2.31 bits per heavy atom. The maximum absolute atomic E-state index is 5.71. The van der Waals surface area contributed by atoms with E-state index in [9.17, 15) is 0 Å². The molecule has 0 amide bonds. The molecular weight excluding hydrogens is 204 g/mol. The summed E-state index contributed by atoms with van der Waals surface area (Å²) in [6, 6.07) is 0. The summed E-state index contributed by atoms with van der Waals surface area (Å²) in [6.07, 6.45) is 4.25. The molecule has 0 saturated carbocycles. The number of nitrogens with zero attached hydrogens (tertiary/aromatic N) is 1. The fourth-order valence-electron chi connectivity index (χ4n) is 2.15. The molecule has 2 N–H and O–H groups in total. The highest BCUT2D eigenvalue weighted by atomic mass is 16.5. The molecule has 0 radical (unpaired) electrons. The quantitative estimate of drug-likeness (QED) is 0.704. The third-order valence-electron chi connectivity index (χ3n) is 2.97. The normalized spacial score (nSPS) is 23.6. The molecule has 1 aliphatic heterocycles. The van der Waals surface area contributed by atoms with Crippen molar-refractivity contribution in [2.24, 2.45) is 5.73 Å². The van der Waals surface area contributed by atoms with Crippen LogP contribution in [0.2, 0.25) is 0 Å². The molecule has 2 unspecified atom stereocenters. The van der Waals surface area contributed by atoms with Gasteiger partial charge >= 0.3 is 0 Å². The minimum atomic E-state index is 0.151. The molecule has 1 heterocycles. The van der Waals surface area contributed by atoms with Crippen LogP contribution >= 0.6 is 0 Å². The predicted octanol–water partition coefficient (Wildman–Crippen LogP) is 0.851. The third-order valence-corrected chi connectivity index (χ3v) is 2.97. The van der Waals surface area contributed by atoms with Crippen LogP contribution in [-0.4, -0.2) is 57.0 Å². The summed E-state index contributed by atoms with van der Waals surface area (Å²) >= 11 is 0. The smallest absolute Gasteiger partial charge is 0.0823 e. The lowest BCUT2D eigenvalue weighted by atomic mass is 10.1. The van der Waals surface area contributed by atoms with Gasteiger partial charge in [0.05, 0.1) is 12.2 Å². The number of hydrogen-bond acceptors (Lipinski definition) is 4. The maximum Gasteiger partial charge on any atom is 0.0823 e. The van der Waals surface area contributed by atoms with Gasteiger partial charge in [0, 0.05) is 32.8 Å². The van der Waals surface area contributed by atoms with Crippen LogP contribution in [0, 0.1) is 0 Å². The molecule has 4 heteroatoms. The van der Waals surface area contributed by atoms with Crippen LogP contribution in [0.5, 0.6) is 0 Å². The highest BCUT2D eigenvalue weighted by molar-refractivity contribution is 4.70. The SMILES string of the molecule is CCOC(CN)CN(C)CC1CCCCO1. The Morgan fingerprint density at radius 1 is 1.50 bits per heavy atom. The minimum absolute atomic E-state index is 0.151. The van der Waals surface area contributed by atoms with E-state index in [0.29, 0.717) is 12.6 Å².